The fraction of sp³-hybridized carbons (Fsp3) is 0.391. The molecule has 0 saturated carbocycles. The molecule has 0 spiro atoms. The summed E-state index contributed by atoms with van der Waals surface area (Å²) in [6.45, 7) is 8.27. The van der Waals surface area contributed by atoms with E-state index in [-0.39, 0.29) is 18.4 Å². The van der Waals surface area contributed by atoms with Crippen molar-refractivity contribution in [3.63, 3.8) is 0 Å². The van der Waals surface area contributed by atoms with Crippen molar-refractivity contribution in [2.24, 2.45) is 0 Å². The lowest BCUT2D eigenvalue weighted by Gasteiger charge is -2.37. The Kier molecular flexibility index (Phi) is 6.42. The van der Waals surface area contributed by atoms with Crippen LogP contribution in [0.3, 0.4) is 0 Å². The van der Waals surface area contributed by atoms with Crippen LogP contribution in [0.5, 0.6) is 5.75 Å². The number of carbonyl (C=O) groups excluding carboxylic acids is 2. The van der Waals surface area contributed by atoms with Crippen LogP contribution >= 0.6 is 0 Å². The average Bonchev–Trinajstić information content (AvgIpc) is 2.74. The van der Waals surface area contributed by atoms with E-state index in [1.54, 1.807) is 12.0 Å². The van der Waals surface area contributed by atoms with Crippen LogP contribution in [0.1, 0.15) is 18.1 Å². The van der Waals surface area contributed by atoms with E-state index in [0.29, 0.717) is 13.1 Å². The molecule has 0 aliphatic carbocycles. The Bertz CT molecular complexity index is 889. The second kappa shape index (κ2) is 8.99. The summed E-state index contributed by atoms with van der Waals surface area (Å²) in [5, 5.41) is 0. The van der Waals surface area contributed by atoms with E-state index >= 15 is 0 Å². The maximum absolute atomic E-state index is 12.9. The third-order valence-corrected chi connectivity index (χ3v) is 5.60. The molecule has 0 aromatic heterocycles. The van der Waals surface area contributed by atoms with Crippen LogP contribution in [0, 0.1) is 13.8 Å². The lowest BCUT2D eigenvalue weighted by molar-refractivity contribution is -0.131. The zero-order valence-corrected chi connectivity index (χ0v) is 17.6. The lowest BCUT2D eigenvalue weighted by Crippen LogP contribution is -2.52. The van der Waals surface area contributed by atoms with E-state index in [4.69, 9.17) is 4.74 Å². The third kappa shape index (κ3) is 4.53. The SMILES string of the molecule is COc1ccccc1N1CCN(C(=O)CN(C(C)=O)c2cccc(C)c2C)CC1. The molecule has 3 rings (SSSR count). The molecular formula is C23H29N3O3. The van der Waals surface area contributed by atoms with Gasteiger partial charge in [-0.15, -0.1) is 0 Å². The second-order valence-electron chi connectivity index (χ2n) is 7.36. The first kappa shape index (κ1) is 20.7. The number of benzene rings is 2. The van der Waals surface area contributed by atoms with E-state index in [9.17, 15) is 9.59 Å². The molecule has 2 aromatic rings. The summed E-state index contributed by atoms with van der Waals surface area (Å²) in [6.07, 6.45) is 0. The van der Waals surface area contributed by atoms with E-state index in [1.165, 1.54) is 6.92 Å². The Balaban J connectivity index is 1.67. The summed E-state index contributed by atoms with van der Waals surface area (Å²) >= 11 is 0. The van der Waals surface area contributed by atoms with Gasteiger partial charge in [0.05, 0.1) is 12.8 Å². The van der Waals surface area contributed by atoms with Gasteiger partial charge in [0.1, 0.15) is 12.3 Å². The molecule has 6 nitrogen and oxygen atoms in total. The quantitative estimate of drug-likeness (QED) is 0.781. The molecule has 1 aliphatic heterocycles. The van der Waals surface area contributed by atoms with Gasteiger partial charge in [0.2, 0.25) is 11.8 Å². The average molecular weight is 396 g/mol. The number of ether oxygens (including phenoxy) is 1. The highest BCUT2D eigenvalue weighted by atomic mass is 16.5. The van der Waals surface area contributed by atoms with Crippen molar-refractivity contribution < 1.29 is 14.3 Å². The van der Waals surface area contributed by atoms with Crippen molar-refractivity contribution in [1.29, 1.82) is 0 Å². The Morgan fingerprint density at radius 1 is 1.00 bits per heavy atom. The number of nitrogens with zero attached hydrogens (tertiary/aromatic N) is 3. The van der Waals surface area contributed by atoms with Crippen LogP contribution in [-0.2, 0) is 9.59 Å². The molecule has 1 aliphatic rings. The number of hydrogen-bond acceptors (Lipinski definition) is 4. The summed E-state index contributed by atoms with van der Waals surface area (Å²) in [4.78, 5) is 30.9. The normalized spacial score (nSPS) is 13.9. The van der Waals surface area contributed by atoms with Crippen molar-refractivity contribution in [3.8, 4) is 5.75 Å². The third-order valence-electron chi connectivity index (χ3n) is 5.60. The molecule has 0 N–H and O–H groups in total. The van der Waals surface area contributed by atoms with Crippen molar-refractivity contribution >= 4 is 23.2 Å². The Morgan fingerprint density at radius 3 is 2.34 bits per heavy atom. The molecule has 2 amide bonds. The molecular weight excluding hydrogens is 366 g/mol. The first-order valence-corrected chi connectivity index (χ1v) is 9.92. The number of carbonyl (C=O) groups is 2. The van der Waals surface area contributed by atoms with Gasteiger partial charge in [-0.2, -0.15) is 0 Å². The minimum Gasteiger partial charge on any atom is -0.495 e. The van der Waals surface area contributed by atoms with Crippen LogP contribution in [0.25, 0.3) is 0 Å². The number of piperazine rings is 1. The van der Waals surface area contributed by atoms with Gasteiger partial charge in [-0.1, -0.05) is 24.3 Å². The number of aryl methyl sites for hydroxylation is 1. The predicted molar refractivity (Wildman–Crippen MR) is 116 cm³/mol. The molecule has 1 saturated heterocycles. The van der Waals surface area contributed by atoms with Gasteiger partial charge in [0, 0.05) is 38.8 Å². The largest absolute Gasteiger partial charge is 0.495 e. The molecule has 1 heterocycles. The van der Waals surface area contributed by atoms with Crippen LogP contribution in [0.4, 0.5) is 11.4 Å². The van der Waals surface area contributed by atoms with Crippen molar-refractivity contribution in [2.45, 2.75) is 20.8 Å². The number of hydrogen-bond donors (Lipinski definition) is 0. The Hall–Kier alpha value is -3.02. The molecule has 6 heteroatoms. The van der Waals surface area contributed by atoms with Gasteiger partial charge < -0.3 is 19.4 Å². The van der Waals surface area contributed by atoms with Gasteiger partial charge in [0.15, 0.2) is 0 Å². The minimum absolute atomic E-state index is 0.0271. The maximum Gasteiger partial charge on any atom is 0.242 e. The van der Waals surface area contributed by atoms with Crippen LogP contribution in [0.2, 0.25) is 0 Å². The first-order valence-electron chi connectivity index (χ1n) is 9.92. The second-order valence-corrected chi connectivity index (χ2v) is 7.36. The topological polar surface area (TPSA) is 53.1 Å². The summed E-state index contributed by atoms with van der Waals surface area (Å²) in [5.74, 6) is 0.686. The lowest BCUT2D eigenvalue weighted by atomic mass is 10.1. The highest BCUT2D eigenvalue weighted by Crippen LogP contribution is 2.28. The van der Waals surface area contributed by atoms with E-state index in [0.717, 1.165) is 41.3 Å². The molecule has 154 valence electrons. The number of methoxy groups -OCH3 is 1. The summed E-state index contributed by atoms with van der Waals surface area (Å²) in [7, 11) is 1.67. The zero-order chi connectivity index (χ0) is 21.0. The highest BCUT2D eigenvalue weighted by molar-refractivity contribution is 5.98. The standard InChI is InChI=1S/C23H29N3O3/c1-17-8-7-10-20(18(17)2)26(19(3)27)16-23(28)25-14-12-24(13-15-25)21-9-5-6-11-22(21)29-4/h5-11H,12-16H2,1-4H3. The van der Waals surface area contributed by atoms with Crippen molar-refractivity contribution in [3.05, 3.63) is 53.6 Å². The molecule has 1 fully saturated rings. The predicted octanol–water partition coefficient (Wildman–Crippen LogP) is 3.01. The summed E-state index contributed by atoms with van der Waals surface area (Å²) in [6, 6.07) is 13.8. The molecule has 2 aromatic carbocycles. The first-order chi connectivity index (χ1) is 13.9. The molecule has 0 radical (unpaired) electrons. The Morgan fingerprint density at radius 2 is 1.69 bits per heavy atom. The van der Waals surface area contributed by atoms with E-state index < -0.39 is 0 Å². The van der Waals surface area contributed by atoms with Crippen LogP contribution in [-0.4, -0.2) is 56.5 Å². The fourth-order valence-corrected chi connectivity index (χ4v) is 3.72. The highest BCUT2D eigenvalue weighted by Gasteiger charge is 2.26. The van der Waals surface area contributed by atoms with Crippen LogP contribution < -0.4 is 14.5 Å². The summed E-state index contributed by atoms with van der Waals surface area (Å²) < 4.78 is 5.46. The van der Waals surface area contributed by atoms with Gasteiger partial charge in [-0.25, -0.2) is 0 Å². The number of para-hydroxylation sites is 2. The molecule has 0 unspecified atom stereocenters. The van der Waals surface area contributed by atoms with Gasteiger partial charge >= 0.3 is 0 Å². The minimum atomic E-state index is -0.125. The summed E-state index contributed by atoms with van der Waals surface area (Å²) in [5.41, 5.74) is 3.98. The monoisotopic (exact) mass is 395 g/mol. The maximum atomic E-state index is 12.9. The fourth-order valence-electron chi connectivity index (χ4n) is 3.72. The number of amides is 2. The van der Waals surface area contributed by atoms with Crippen molar-refractivity contribution in [1.82, 2.24) is 4.90 Å². The molecule has 29 heavy (non-hydrogen) atoms. The van der Waals surface area contributed by atoms with Crippen molar-refractivity contribution in [2.75, 3.05) is 49.6 Å². The van der Waals surface area contributed by atoms with E-state index in [2.05, 4.69) is 4.90 Å². The molecule has 0 bridgehead atoms. The molecule has 0 atom stereocenters. The van der Waals surface area contributed by atoms with Gasteiger partial charge in [-0.05, 0) is 43.2 Å². The number of rotatable bonds is 5. The van der Waals surface area contributed by atoms with Gasteiger partial charge in [0.25, 0.3) is 0 Å². The zero-order valence-electron chi connectivity index (χ0n) is 17.6. The Labute approximate surface area is 172 Å². The van der Waals surface area contributed by atoms with Gasteiger partial charge in [-0.3, -0.25) is 9.59 Å². The van der Waals surface area contributed by atoms with Crippen LogP contribution in [0.15, 0.2) is 42.5 Å². The number of anilines is 2. The van der Waals surface area contributed by atoms with E-state index in [1.807, 2.05) is 61.2 Å². The smallest absolute Gasteiger partial charge is 0.242 e.